The van der Waals surface area contributed by atoms with E-state index in [1.165, 1.54) is 6.07 Å². The first-order valence-corrected chi connectivity index (χ1v) is 12.5. The molecular weight excluding hydrogens is 485 g/mol. The second-order valence-corrected chi connectivity index (χ2v) is 9.64. The van der Waals surface area contributed by atoms with Crippen LogP contribution in [0.3, 0.4) is 0 Å². The molecule has 3 aromatic rings. The largest absolute Gasteiger partial charge is 0.434 e. The number of rotatable bonds is 9. The molecule has 1 fully saturated rings. The van der Waals surface area contributed by atoms with E-state index < -0.39 is 18.1 Å². The summed E-state index contributed by atoms with van der Waals surface area (Å²) in [4.78, 5) is 30.6. The molecule has 0 aliphatic carbocycles. The predicted octanol–water partition coefficient (Wildman–Crippen LogP) is 4.72. The van der Waals surface area contributed by atoms with Gasteiger partial charge in [0.1, 0.15) is 12.4 Å². The summed E-state index contributed by atoms with van der Waals surface area (Å²) in [5.41, 5.74) is 1.91. The van der Waals surface area contributed by atoms with E-state index in [1.807, 2.05) is 31.2 Å². The van der Waals surface area contributed by atoms with E-state index in [0.29, 0.717) is 23.7 Å². The Bertz CT molecular complexity index is 1310. The highest BCUT2D eigenvalue weighted by molar-refractivity contribution is 6.08. The van der Waals surface area contributed by atoms with Crippen LogP contribution in [0.25, 0.3) is 10.9 Å². The number of hydrogen-bond donors (Lipinski definition) is 2. The number of amides is 1. The van der Waals surface area contributed by atoms with Crippen molar-refractivity contribution in [3.05, 3.63) is 63.2 Å². The lowest BCUT2D eigenvalue weighted by molar-refractivity contribution is -0.0506. The van der Waals surface area contributed by atoms with E-state index in [0.717, 1.165) is 42.5 Å². The molecule has 1 unspecified atom stereocenters. The number of hydrogen-bond acceptors (Lipinski definition) is 4. The van der Waals surface area contributed by atoms with E-state index in [-0.39, 0.29) is 30.6 Å². The second-order valence-electron chi connectivity index (χ2n) is 9.64. The van der Waals surface area contributed by atoms with Gasteiger partial charge >= 0.3 is 6.61 Å². The van der Waals surface area contributed by atoms with Crippen LogP contribution in [0.5, 0.6) is 5.75 Å². The summed E-state index contributed by atoms with van der Waals surface area (Å²) in [6, 6.07) is 9.08. The number of benzene rings is 1. The van der Waals surface area contributed by atoms with Gasteiger partial charge in [0.25, 0.3) is 11.5 Å². The number of alkyl halides is 3. The molecular formula is C27H33F3N4O3. The third-order valence-corrected chi connectivity index (χ3v) is 7.38. The third-order valence-electron chi connectivity index (χ3n) is 7.38. The number of aromatic nitrogens is 2. The smallest absolute Gasteiger partial charge is 0.387 e. The third kappa shape index (κ3) is 5.69. The van der Waals surface area contributed by atoms with Gasteiger partial charge in [0.15, 0.2) is 0 Å². The summed E-state index contributed by atoms with van der Waals surface area (Å²) in [6.07, 6.45) is 1.88. The molecule has 1 atom stereocenters. The molecule has 1 aliphatic rings. The zero-order chi connectivity index (χ0) is 26.7. The van der Waals surface area contributed by atoms with Crippen LogP contribution in [0.15, 0.2) is 35.1 Å². The lowest BCUT2D eigenvalue weighted by Gasteiger charge is -2.35. The highest BCUT2D eigenvalue weighted by Crippen LogP contribution is 2.35. The Labute approximate surface area is 213 Å². The van der Waals surface area contributed by atoms with Crippen molar-refractivity contribution in [2.24, 2.45) is 5.92 Å². The maximum Gasteiger partial charge on any atom is 0.387 e. The molecule has 7 nitrogen and oxygen atoms in total. The minimum atomic E-state index is -3.10. The topological polar surface area (TPSA) is 79.4 Å². The van der Waals surface area contributed by atoms with Gasteiger partial charge < -0.3 is 24.5 Å². The summed E-state index contributed by atoms with van der Waals surface area (Å²) in [7, 11) is 0. The van der Waals surface area contributed by atoms with Gasteiger partial charge in [0.05, 0.1) is 17.7 Å². The minimum Gasteiger partial charge on any atom is -0.434 e. The molecule has 200 valence electrons. The number of fused-ring (bicyclic) bond motifs is 1. The van der Waals surface area contributed by atoms with Gasteiger partial charge in [0.2, 0.25) is 0 Å². The average Bonchev–Trinajstić information content (AvgIpc) is 3.15. The summed E-state index contributed by atoms with van der Waals surface area (Å²) in [6.45, 7) is 4.06. The number of para-hydroxylation sites is 1. The predicted molar refractivity (Wildman–Crippen MR) is 136 cm³/mol. The van der Waals surface area contributed by atoms with E-state index in [4.69, 9.17) is 0 Å². The van der Waals surface area contributed by atoms with E-state index in [9.17, 15) is 22.8 Å². The van der Waals surface area contributed by atoms with Crippen molar-refractivity contribution in [1.29, 1.82) is 0 Å². The highest BCUT2D eigenvalue weighted by atomic mass is 19.3. The number of aryl methyl sites for hydroxylation is 1. The number of carbonyl (C=O) groups is 1. The van der Waals surface area contributed by atoms with Gasteiger partial charge in [-0.15, -0.1) is 0 Å². The first-order valence-electron chi connectivity index (χ1n) is 12.5. The van der Waals surface area contributed by atoms with Crippen LogP contribution < -0.4 is 15.6 Å². The van der Waals surface area contributed by atoms with Gasteiger partial charge in [-0.1, -0.05) is 18.2 Å². The zero-order valence-corrected chi connectivity index (χ0v) is 21.3. The summed E-state index contributed by atoms with van der Waals surface area (Å²) in [5, 5.41) is 3.51. The molecule has 0 bridgehead atoms. The van der Waals surface area contributed by atoms with Gasteiger partial charge in [-0.3, -0.25) is 9.59 Å². The molecule has 2 aromatic heterocycles. The first-order chi connectivity index (χ1) is 17.7. The van der Waals surface area contributed by atoms with Crippen molar-refractivity contribution in [1.82, 2.24) is 19.8 Å². The summed E-state index contributed by atoms with van der Waals surface area (Å²) < 4.78 is 45.3. The van der Waals surface area contributed by atoms with Crippen LogP contribution in [0.4, 0.5) is 13.2 Å². The molecule has 1 aromatic carbocycles. The molecule has 1 amide bonds. The van der Waals surface area contributed by atoms with Crippen LogP contribution in [0, 0.1) is 19.8 Å². The SMILES string of the molecule is Cc1cc(OC(F)F)c(CNC(=O)c2c(C)n(C(C)C3CCN(CCF)CC3)c3ccccc23)c(=O)[nH]1. The van der Waals surface area contributed by atoms with Crippen LogP contribution in [0.2, 0.25) is 0 Å². The highest BCUT2D eigenvalue weighted by Gasteiger charge is 2.29. The van der Waals surface area contributed by atoms with Crippen molar-refractivity contribution in [2.45, 2.75) is 52.8 Å². The Kier molecular flexibility index (Phi) is 8.26. The van der Waals surface area contributed by atoms with Gasteiger partial charge in [-0.25, -0.2) is 4.39 Å². The van der Waals surface area contributed by atoms with Crippen LogP contribution >= 0.6 is 0 Å². The fourth-order valence-corrected chi connectivity index (χ4v) is 5.50. The van der Waals surface area contributed by atoms with Gasteiger partial charge in [-0.05, 0) is 58.7 Å². The number of likely N-dealkylation sites (tertiary alicyclic amines) is 1. The maximum atomic E-state index is 13.4. The average molecular weight is 519 g/mol. The molecule has 1 saturated heterocycles. The number of piperidine rings is 1. The minimum absolute atomic E-state index is 0.0750. The summed E-state index contributed by atoms with van der Waals surface area (Å²) >= 11 is 0. The zero-order valence-electron chi connectivity index (χ0n) is 21.3. The quantitative estimate of drug-likeness (QED) is 0.430. The summed E-state index contributed by atoms with van der Waals surface area (Å²) in [5.74, 6) is -0.287. The Morgan fingerprint density at radius 3 is 2.59 bits per heavy atom. The molecule has 0 radical (unpaired) electrons. The standard InChI is InChI=1S/C27H33F3N4O3/c1-16-14-23(37-27(29)30)21(25(35)32-16)15-31-26(36)24-18(3)34(22-7-5-4-6-20(22)24)17(2)19-8-11-33(12-9-19)13-10-28/h4-7,14,17,19,27H,8-13,15H2,1-3H3,(H,31,36)(H,32,35). The number of halogens is 3. The first kappa shape index (κ1) is 26.8. The lowest BCUT2D eigenvalue weighted by atomic mass is 9.90. The van der Waals surface area contributed by atoms with Crippen molar-refractivity contribution in [2.75, 3.05) is 26.3 Å². The Morgan fingerprint density at radius 2 is 1.92 bits per heavy atom. The lowest BCUT2D eigenvalue weighted by Crippen LogP contribution is -2.37. The van der Waals surface area contributed by atoms with E-state index >= 15 is 0 Å². The van der Waals surface area contributed by atoms with Crippen LogP contribution in [-0.2, 0) is 6.54 Å². The van der Waals surface area contributed by atoms with Gasteiger partial charge in [-0.2, -0.15) is 8.78 Å². The number of H-pyrrole nitrogens is 1. The van der Waals surface area contributed by atoms with Crippen LogP contribution in [-0.4, -0.2) is 53.3 Å². The van der Waals surface area contributed by atoms with Crippen molar-refractivity contribution in [3.63, 3.8) is 0 Å². The monoisotopic (exact) mass is 518 g/mol. The maximum absolute atomic E-state index is 13.4. The van der Waals surface area contributed by atoms with E-state index in [1.54, 1.807) is 6.92 Å². The normalized spacial score (nSPS) is 15.9. The molecule has 4 rings (SSSR count). The molecule has 1 aliphatic heterocycles. The van der Waals surface area contributed by atoms with Gasteiger partial charge in [0, 0.05) is 40.9 Å². The molecule has 3 heterocycles. The number of pyridine rings is 1. The molecule has 37 heavy (non-hydrogen) atoms. The number of carbonyl (C=O) groups excluding carboxylic acids is 1. The van der Waals surface area contributed by atoms with Crippen LogP contribution in [0.1, 0.15) is 53.1 Å². The van der Waals surface area contributed by atoms with E-state index in [2.05, 4.69) is 31.4 Å². The number of aromatic amines is 1. The second kappa shape index (κ2) is 11.4. The Balaban J connectivity index is 1.60. The Morgan fingerprint density at radius 1 is 1.22 bits per heavy atom. The molecule has 0 saturated carbocycles. The molecule has 2 N–H and O–H groups in total. The van der Waals surface area contributed by atoms with Crippen molar-refractivity contribution < 1.29 is 22.7 Å². The molecule has 0 spiro atoms. The Hall–Kier alpha value is -3.27. The fraction of sp³-hybridized carbons (Fsp3) is 0.481. The van der Waals surface area contributed by atoms with Crippen molar-refractivity contribution >= 4 is 16.8 Å². The molecule has 10 heteroatoms. The fourth-order valence-electron chi connectivity index (χ4n) is 5.50. The number of ether oxygens (including phenoxy) is 1. The van der Waals surface area contributed by atoms with Crippen molar-refractivity contribution in [3.8, 4) is 5.75 Å². The number of nitrogens with zero attached hydrogens (tertiary/aromatic N) is 2. The number of nitrogens with one attached hydrogen (secondary N) is 2.